The van der Waals surface area contributed by atoms with Crippen LogP contribution in [0.5, 0.6) is 11.5 Å². The number of benzene rings is 1. The number of aliphatic hydroxyl groups is 1. The van der Waals surface area contributed by atoms with Crippen molar-refractivity contribution in [2.45, 2.75) is 19.4 Å². The molecule has 0 aromatic heterocycles. The summed E-state index contributed by atoms with van der Waals surface area (Å²) in [5.41, 5.74) is 7.11. The Hall–Kier alpha value is -1.26. The van der Waals surface area contributed by atoms with Gasteiger partial charge in [-0.15, -0.1) is 0 Å². The van der Waals surface area contributed by atoms with Gasteiger partial charge in [0.2, 0.25) is 0 Å². The molecule has 90 valence electrons. The molecule has 0 aliphatic heterocycles. The lowest BCUT2D eigenvalue weighted by Crippen LogP contribution is -2.07. The minimum absolute atomic E-state index is 0.444. The molecule has 0 aliphatic rings. The Labute approximate surface area is 96.0 Å². The van der Waals surface area contributed by atoms with E-state index in [2.05, 4.69) is 0 Å². The van der Waals surface area contributed by atoms with Crippen LogP contribution in [-0.4, -0.2) is 25.9 Å². The molecule has 0 aliphatic carbocycles. The summed E-state index contributed by atoms with van der Waals surface area (Å²) in [5.74, 6) is 1.43. The third-order valence-corrected chi connectivity index (χ3v) is 2.60. The second-order valence-electron chi connectivity index (χ2n) is 3.64. The number of hydrogen-bond acceptors (Lipinski definition) is 4. The van der Waals surface area contributed by atoms with Crippen molar-refractivity contribution in [2.24, 2.45) is 5.73 Å². The van der Waals surface area contributed by atoms with Crippen molar-refractivity contribution in [1.29, 1.82) is 0 Å². The zero-order valence-corrected chi connectivity index (χ0v) is 9.99. The van der Waals surface area contributed by atoms with Gasteiger partial charge in [0, 0.05) is 5.56 Å². The quantitative estimate of drug-likeness (QED) is 0.795. The fourth-order valence-electron chi connectivity index (χ4n) is 1.62. The maximum atomic E-state index is 9.86. The molecule has 1 aromatic rings. The predicted molar refractivity (Wildman–Crippen MR) is 62.9 cm³/mol. The fraction of sp³-hybridized carbons (Fsp3) is 0.500. The first-order chi connectivity index (χ1) is 7.63. The van der Waals surface area contributed by atoms with Gasteiger partial charge >= 0.3 is 0 Å². The average Bonchev–Trinajstić information content (AvgIpc) is 2.29. The largest absolute Gasteiger partial charge is 0.496 e. The summed E-state index contributed by atoms with van der Waals surface area (Å²) >= 11 is 0. The molecule has 1 atom stereocenters. The predicted octanol–water partition coefficient (Wildman–Crippen LogP) is 1.39. The van der Waals surface area contributed by atoms with Crippen LogP contribution in [0.15, 0.2) is 12.1 Å². The Bertz CT molecular complexity index is 327. The van der Waals surface area contributed by atoms with E-state index in [1.165, 1.54) is 0 Å². The summed E-state index contributed by atoms with van der Waals surface area (Å²) in [6.07, 6.45) is -0.0524. The van der Waals surface area contributed by atoms with Crippen molar-refractivity contribution >= 4 is 0 Å². The molecule has 0 amide bonds. The Balaban J connectivity index is 3.11. The molecule has 0 saturated carbocycles. The molecular formula is C12H19NO3. The molecule has 1 unspecified atom stereocenters. The van der Waals surface area contributed by atoms with Crippen molar-refractivity contribution in [1.82, 2.24) is 0 Å². The van der Waals surface area contributed by atoms with Crippen molar-refractivity contribution < 1.29 is 14.6 Å². The summed E-state index contributed by atoms with van der Waals surface area (Å²) in [6, 6.07) is 3.64. The topological polar surface area (TPSA) is 64.7 Å². The van der Waals surface area contributed by atoms with Gasteiger partial charge < -0.3 is 20.3 Å². The molecule has 4 nitrogen and oxygen atoms in total. The first-order valence-corrected chi connectivity index (χ1v) is 5.24. The molecule has 0 heterocycles. The van der Waals surface area contributed by atoms with Crippen LogP contribution >= 0.6 is 0 Å². The third kappa shape index (κ3) is 2.65. The normalized spacial score (nSPS) is 12.3. The van der Waals surface area contributed by atoms with Crippen LogP contribution in [0.25, 0.3) is 0 Å². The summed E-state index contributed by atoms with van der Waals surface area (Å²) in [7, 11) is 3.20. The molecule has 0 fully saturated rings. The van der Waals surface area contributed by atoms with E-state index in [0.29, 0.717) is 24.5 Å². The first-order valence-electron chi connectivity index (χ1n) is 5.24. The summed E-state index contributed by atoms with van der Waals surface area (Å²) in [5, 5.41) is 9.86. The second-order valence-corrected chi connectivity index (χ2v) is 3.64. The molecule has 0 spiro atoms. The Kier molecular flexibility index (Phi) is 4.58. The Morgan fingerprint density at radius 2 is 1.75 bits per heavy atom. The number of nitrogens with two attached hydrogens (primary N) is 1. The molecule has 4 heteroatoms. The Morgan fingerprint density at radius 3 is 2.12 bits per heavy atom. The fourth-order valence-corrected chi connectivity index (χ4v) is 1.62. The number of methoxy groups -OCH3 is 2. The van der Waals surface area contributed by atoms with Crippen molar-refractivity contribution in [2.75, 3.05) is 20.8 Å². The zero-order valence-electron chi connectivity index (χ0n) is 9.99. The lowest BCUT2D eigenvalue weighted by Gasteiger charge is -2.15. The zero-order chi connectivity index (χ0) is 12.1. The van der Waals surface area contributed by atoms with E-state index < -0.39 is 6.10 Å². The van der Waals surface area contributed by atoms with E-state index in [0.717, 1.165) is 11.1 Å². The SMILES string of the molecule is COc1cc(C(O)CCN)cc(OC)c1C. The number of hydrogen-bond donors (Lipinski definition) is 2. The molecule has 0 bridgehead atoms. The van der Waals surface area contributed by atoms with Gasteiger partial charge in [-0.2, -0.15) is 0 Å². The molecular weight excluding hydrogens is 206 g/mol. The van der Waals surface area contributed by atoms with E-state index in [-0.39, 0.29) is 0 Å². The maximum Gasteiger partial charge on any atom is 0.125 e. The number of ether oxygens (including phenoxy) is 2. The van der Waals surface area contributed by atoms with Gasteiger partial charge in [0.25, 0.3) is 0 Å². The van der Waals surface area contributed by atoms with Crippen molar-refractivity contribution in [3.05, 3.63) is 23.3 Å². The van der Waals surface area contributed by atoms with Crippen LogP contribution in [-0.2, 0) is 0 Å². The van der Waals surface area contributed by atoms with Crippen molar-refractivity contribution in [3.8, 4) is 11.5 Å². The molecule has 0 saturated heterocycles. The highest BCUT2D eigenvalue weighted by atomic mass is 16.5. The van der Waals surface area contributed by atoms with Gasteiger partial charge in [0.15, 0.2) is 0 Å². The molecule has 0 radical (unpaired) electrons. The number of rotatable bonds is 5. The van der Waals surface area contributed by atoms with Gasteiger partial charge in [-0.05, 0) is 37.6 Å². The molecule has 1 aromatic carbocycles. The van der Waals surface area contributed by atoms with Crippen LogP contribution in [0, 0.1) is 6.92 Å². The summed E-state index contributed by atoms with van der Waals surface area (Å²) in [6.45, 7) is 2.36. The molecule has 1 rings (SSSR count). The highest BCUT2D eigenvalue weighted by molar-refractivity contribution is 5.47. The maximum absolute atomic E-state index is 9.86. The van der Waals surface area contributed by atoms with E-state index >= 15 is 0 Å². The second kappa shape index (κ2) is 5.72. The van der Waals surface area contributed by atoms with Crippen LogP contribution in [0.2, 0.25) is 0 Å². The molecule has 16 heavy (non-hydrogen) atoms. The van der Waals surface area contributed by atoms with Gasteiger partial charge in [-0.1, -0.05) is 0 Å². The minimum atomic E-state index is -0.576. The van der Waals surface area contributed by atoms with Gasteiger partial charge in [-0.25, -0.2) is 0 Å². The Morgan fingerprint density at radius 1 is 1.25 bits per heavy atom. The first kappa shape index (κ1) is 12.8. The van der Waals surface area contributed by atoms with E-state index in [9.17, 15) is 5.11 Å². The van der Waals surface area contributed by atoms with Gasteiger partial charge in [-0.3, -0.25) is 0 Å². The van der Waals surface area contributed by atoms with E-state index in [1.54, 1.807) is 14.2 Å². The van der Waals surface area contributed by atoms with Crippen molar-refractivity contribution in [3.63, 3.8) is 0 Å². The van der Waals surface area contributed by atoms with Crippen LogP contribution in [0.4, 0.5) is 0 Å². The standard InChI is InChI=1S/C12H19NO3/c1-8-11(15-2)6-9(7-12(8)16-3)10(14)4-5-13/h6-7,10,14H,4-5,13H2,1-3H3. The van der Waals surface area contributed by atoms with Gasteiger partial charge in [0.1, 0.15) is 11.5 Å². The highest BCUT2D eigenvalue weighted by Crippen LogP contribution is 2.32. The van der Waals surface area contributed by atoms with Crippen LogP contribution in [0.3, 0.4) is 0 Å². The van der Waals surface area contributed by atoms with E-state index in [1.807, 2.05) is 19.1 Å². The van der Waals surface area contributed by atoms with E-state index in [4.69, 9.17) is 15.2 Å². The molecule has 3 N–H and O–H groups in total. The van der Waals surface area contributed by atoms with Crippen LogP contribution < -0.4 is 15.2 Å². The lowest BCUT2D eigenvalue weighted by molar-refractivity contribution is 0.169. The smallest absolute Gasteiger partial charge is 0.125 e. The summed E-state index contributed by atoms with van der Waals surface area (Å²) in [4.78, 5) is 0. The lowest BCUT2D eigenvalue weighted by atomic mass is 10.0. The summed E-state index contributed by atoms with van der Waals surface area (Å²) < 4.78 is 10.5. The highest BCUT2D eigenvalue weighted by Gasteiger charge is 2.13. The van der Waals surface area contributed by atoms with Crippen LogP contribution in [0.1, 0.15) is 23.7 Å². The minimum Gasteiger partial charge on any atom is -0.496 e. The van der Waals surface area contributed by atoms with Gasteiger partial charge in [0.05, 0.1) is 20.3 Å². The third-order valence-electron chi connectivity index (χ3n) is 2.60. The number of aliphatic hydroxyl groups excluding tert-OH is 1. The average molecular weight is 225 g/mol. The monoisotopic (exact) mass is 225 g/mol.